The van der Waals surface area contributed by atoms with Crippen LogP contribution in [-0.2, 0) is 33.2 Å². The molecule has 23 heteroatoms. The minimum absolute atomic E-state index is 0.0225. The number of methoxy groups -OCH3 is 1. The minimum atomic E-state index is -1.80. The Labute approximate surface area is 472 Å². The molecule has 1 unspecified atom stereocenters. The number of alkyl carbamates (subject to hydrolysis) is 1. The van der Waals surface area contributed by atoms with Gasteiger partial charge in [0.1, 0.15) is 18.3 Å². The average Bonchev–Trinajstić information content (AvgIpc) is 3.38. The Bertz CT molecular complexity index is 2060. The van der Waals surface area contributed by atoms with Crippen molar-refractivity contribution in [1.29, 1.82) is 0 Å². The summed E-state index contributed by atoms with van der Waals surface area (Å²) in [5, 5.41) is 108. The average molecular weight is 1160 g/mol. The van der Waals surface area contributed by atoms with Gasteiger partial charge in [0.2, 0.25) is 0 Å². The zero-order valence-corrected chi connectivity index (χ0v) is 48.7. The van der Waals surface area contributed by atoms with E-state index in [4.69, 9.17) is 28.4 Å². The summed E-state index contributed by atoms with van der Waals surface area (Å²) in [5.41, 5.74) is 0. The van der Waals surface area contributed by atoms with Crippen LogP contribution in [0.25, 0.3) is 0 Å². The van der Waals surface area contributed by atoms with Gasteiger partial charge in [0.15, 0.2) is 12.1 Å². The first kappa shape index (κ1) is 70.1. The van der Waals surface area contributed by atoms with Crippen molar-refractivity contribution < 1.29 is 93.2 Å². The van der Waals surface area contributed by atoms with Crippen LogP contribution in [0.4, 0.5) is 14.0 Å². The third-order valence-corrected chi connectivity index (χ3v) is 16.0. The summed E-state index contributed by atoms with van der Waals surface area (Å²) in [6, 6.07) is -2.59. The highest BCUT2D eigenvalue weighted by molar-refractivity contribution is 6.76. The molecule has 0 saturated carbocycles. The molecule has 21 nitrogen and oxygen atoms in total. The number of urea groups is 1. The Balaban J connectivity index is 2.01. The van der Waals surface area contributed by atoms with Gasteiger partial charge in [-0.15, -0.1) is 0 Å². The maximum atomic E-state index is 13.2. The zero-order chi connectivity index (χ0) is 59.6. The molecule has 2 saturated heterocycles. The molecule has 0 aromatic carbocycles. The van der Waals surface area contributed by atoms with Crippen molar-refractivity contribution in [1.82, 2.24) is 16.0 Å². The van der Waals surface area contributed by atoms with E-state index in [9.17, 15) is 64.7 Å². The SMILES string of the molecule is CO[C@]12C[C@@H](O)C[C@@H](O)[C@H](O)CC[C@@H](O)C[C@@H](O)CC(=O)OC(C)[C@H](C)[C@H](O)[C@@H](C)/C=C/C=C/C=C/C=C/C=C/C=C/C=C/[C@H](O[C@@H]3O[C@H](C)[C@@H](O)[C@H](NC(=O)OCC[Si](C)(C)C)[C@@H]3O)C[C@H](O1)[C@H](NC(=O)NCCCF)[C@@H](O)C2. The Morgan fingerprint density at radius 3 is 1.91 bits per heavy atom. The van der Waals surface area contributed by atoms with E-state index in [1.165, 1.54) is 14.0 Å². The summed E-state index contributed by atoms with van der Waals surface area (Å²) in [6.45, 7) is 12.5. The number of fused-ring (bicyclic) bond motifs is 2. The van der Waals surface area contributed by atoms with Gasteiger partial charge in [-0.2, -0.15) is 0 Å². The summed E-state index contributed by atoms with van der Waals surface area (Å²) in [6.07, 6.45) is 3.67. The van der Waals surface area contributed by atoms with E-state index in [-0.39, 0.29) is 64.0 Å². The van der Waals surface area contributed by atoms with E-state index in [1.807, 2.05) is 37.3 Å². The first-order valence-electron chi connectivity index (χ1n) is 27.9. The number of carbonyl (C=O) groups excluding carboxylic acids is 3. The first-order valence-corrected chi connectivity index (χ1v) is 31.6. The maximum absolute atomic E-state index is 13.2. The van der Waals surface area contributed by atoms with Crippen LogP contribution in [0.1, 0.15) is 85.5 Å². The summed E-state index contributed by atoms with van der Waals surface area (Å²) >= 11 is 0. The molecule has 19 atom stereocenters. The third-order valence-electron chi connectivity index (χ3n) is 14.3. The second-order valence-corrected chi connectivity index (χ2v) is 28.0. The topological polar surface area (TPSA) is 325 Å². The van der Waals surface area contributed by atoms with Crippen LogP contribution < -0.4 is 16.0 Å². The molecule has 12 N–H and O–H groups in total. The third kappa shape index (κ3) is 25.5. The number of allylic oxidation sites excluding steroid dienone is 12. The fourth-order valence-corrected chi connectivity index (χ4v) is 9.98. The summed E-state index contributed by atoms with van der Waals surface area (Å²) in [4.78, 5) is 38.9. The molecule has 3 amide bonds. The molecule has 3 aliphatic heterocycles. The Hall–Kier alpha value is -4.18. The second kappa shape index (κ2) is 35.7. The van der Waals surface area contributed by atoms with E-state index < -0.39 is 155 Å². The number of aliphatic hydroxyl groups excluding tert-OH is 9. The normalized spacial score (nSPS) is 39.2. The molecule has 0 aromatic rings. The predicted molar refractivity (Wildman–Crippen MR) is 300 cm³/mol. The minimum Gasteiger partial charge on any atom is -0.462 e. The fourth-order valence-electron chi connectivity index (χ4n) is 9.26. The number of hydrogen-bond donors (Lipinski definition) is 12. The molecule has 0 radical (unpaired) electrons. The number of carbonyl (C=O) groups is 3. The number of nitrogens with one attached hydrogen (secondary N) is 3. The smallest absolute Gasteiger partial charge is 0.407 e. The van der Waals surface area contributed by atoms with E-state index in [0.717, 1.165) is 0 Å². The monoisotopic (exact) mass is 1160 g/mol. The van der Waals surface area contributed by atoms with Gasteiger partial charge in [-0.3, -0.25) is 9.18 Å². The largest absolute Gasteiger partial charge is 0.462 e. The van der Waals surface area contributed by atoms with Gasteiger partial charge in [-0.25, -0.2) is 9.59 Å². The molecule has 3 aliphatic rings. The van der Waals surface area contributed by atoms with Gasteiger partial charge in [0.05, 0.1) is 92.8 Å². The van der Waals surface area contributed by atoms with Gasteiger partial charge in [0.25, 0.3) is 0 Å². The highest BCUT2D eigenvalue weighted by Crippen LogP contribution is 2.38. The number of cyclic esters (lactones) is 1. The van der Waals surface area contributed by atoms with Crippen molar-refractivity contribution in [2.24, 2.45) is 11.8 Å². The Morgan fingerprint density at radius 2 is 1.31 bits per heavy atom. The van der Waals surface area contributed by atoms with Crippen LogP contribution in [0.15, 0.2) is 85.1 Å². The number of amides is 3. The van der Waals surface area contributed by atoms with Crippen LogP contribution in [0.3, 0.4) is 0 Å². The standard InChI is InChI=1S/C57H94FN3O18Si/c1-36-22-19-17-15-13-11-9-10-12-14-16-18-20-23-43(78-54-53(71)50(52(70)39(4)77-54)61-56(73)75-28-29-80(6,7)8)33-47-49(60-55(72)59-27-21-26-58)46(67)35-57(74-5,79-47)34-42(64)31-45(66)44(65)25-24-40(62)30-41(63)32-48(68)76-38(3)37(2)51(36)69/h9-20,22-23,36-47,49-54,62-67,69-71H,21,24-35H2,1-8H3,(H,61,73)(H2,59,60,72)/b10-9+,13-11+,14-12+,17-15+,18-16+,22-19+,23-20+/t36-,37-,38?,39+,40+,41+,42-,43-,44+,45+,46-,47-,49+,50-,51+,52+,53-,54-,57+/m0/s1. The predicted octanol–water partition coefficient (Wildman–Crippen LogP) is 3.80. The molecular formula is C57H94FN3O18Si. The van der Waals surface area contributed by atoms with Crippen LogP contribution in [0, 0.1) is 11.8 Å². The maximum Gasteiger partial charge on any atom is 0.407 e. The van der Waals surface area contributed by atoms with E-state index in [1.54, 1.807) is 68.5 Å². The zero-order valence-electron chi connectivity index (χ0n) is 47.7. The number of hydrogen-bond acceptors (Lipinski definition) is 18. The molecule has 0 spiro atoms. The van der Waals surface area contributed by atoms with Gasteiger partial charge in [0, 0.05) is 59.2 Å². The van der Waals surface area contributed by atoms with Crippen molar-refractivity contribution >= 4 is 26.2 Å². The van der Waals surface area contributed by atoms with Gasteiger partial charge in [-0.05, 0) is 45.6 Å². The number of rotatable bonds is 11. The molecule has 3 rings (SSSR count). The molecular weight excluding hydrogens is 1060 g/mol. The molecule has 0 aliphatic carbocycles. The number of esters is 1. The summed E-state index contributed by atoms with van der Waals surface area (Å²) in [7, 11) is -0.300. The highest BCUT2D eigenvalue weighted by atomic mass is 28.3. The molecule has 0 aromatic heterocycles. The second-order valence-electron chi connectivity index (χ2n) is 22.4. The van der Waals surface area contributed by atoms with Crippen LogP contribution in [0.2, 0.25) is 25.7 Å². The van der Waals surface area contributed by atoms with Crippen LogP contribution in [0.5, 0.6) is 0 Å². The Kier molecular flexibility index (Phi) is 31.3. The summed E-state index contributed by atoms with van der Waals surface area (Å²) < 4.78 is 48.8. The molecule has 2 bridgehead atoms. The van der Waals surface area contributed by atoms with Gasteiger partial charge < -0.3 is 90.3 Å². The molecule has 2 fully saturated rings. The quantitative estimate of drug-likeness (QED) is 0.0795. The first-order chi connectivity index (χ1) is 37.8. The molecule has 456 valence electrons. The lowest BCUT2D eigenvalue weighted by Crippen LogP contribution is -2.65. The van der Waals surface area contributed by atoms with Crippen LogP contribution >= 0.6 is 0 Å². The van der Waals surface area contributed by atoms with Crippen molar-refractivity contribution in [2.45, 2.75) is 215 Å². The lowest BCUT2D eigenvalue weighted by Gasteiger charge is -2.48. The highest BCUT2D eigenvalue weighted by Gasteiger charge is 2.51. The number of aliphatic hydroxyl groups is 9. The number of ether oxygens (including phenoxy) is 6. The lowest BCUT2D eigenvalue weighted by molar-refractivity contribution is -0.311. The number of halogens is 1. The molecule has 80 heavy (non-hydrogen) atoms. The van der Waals surface area contributed by atoms with Crippen molar-refractivity contribution in [3.8, 4) is 0 Å². The van der Waals surface area contributed by atoms with Crippen molar-refractivity contribution in [2.75, 3.05) is 26.9 Å². The van der Waals surface area contributed by atoms with E-state index in [2.05, 4.69) is 35.6 Å². The molecule has 3 heterocycles. The van der Waals surface area contributed by atoms with Crippen LogP contribution in [-0.4, -0.2) is 203 Å². The van der Waals surface area contributed by atoms with E-state index >= 15 is 0 Å². The fraction of sp³-hybridized carbons (Fsp3) is 0.702. The lowest BCUT2D eigenvalue weighted by atomic mass is 9.86. The summed E-state index contributed by atoms with van der Waals surface area (Å²) in [5.74, 6) is -3.29. The van der Waals surface area contributed by atoms with Crippen molar-refractivity contribution in [3.63, 3.8) is 0 Å². The van der Waals surface area contributed by atoms with Crippen molar-refractivity contribution in [3.05, 3.63) is 85.1 Å². The number of alkyl halides is 1. The van der Waals surface area contributed by atoms with Gasteiger partial charge in [-0.1, -0.05) is 119 Å². The Morgan fingerprint density at radius 1 is 0.700 bits per heavy atom. The van der Waals surface area contributed by atoms with E-state index in [0.29, 0.717) is 6.04 Å². The van der Waals surface area contributed by atoms with Gasteiger partial charge >= 0.3 is 18.1 Å².